The highest BCUT2D eigenvalue weighted by molar-refractivity contribution is 7.91. The van der Waals surface area contributed by atoms with Crippen molar-refractivity contribution < 1.29 is 13.2 Å². The van der Waals surface area contributed by atoms with Gasteiger partial charge in [-0.05, 0) is 50.1 Å². The minimum Gasteiger partial charge on any atom is -0.338 e. The minimum absolute atomic E-state index is 0.0571. The number of hydrogen-bond donors (Lipinski definition) is 1. The lowest BCUT2D eigenvalue weighted by molar-refractivity contribution is -0.136. The monoisotopic (exact) mass is 371 g/mol. The van der Waals surface area contributed by atoms with Gasteiger partial charge in [0.15, 0.2) is 0 Å². The molecule has 3 unspecified atom stereocenters. The van der Waals surface area contributed by atoms with E-state index in [0.717, 1.165) is 19.3 Å². The zero-order valence-corrected chi connectivity index (χ0v) is 15.6. The summed E-state index contributed by atoms with van der Waals surface area (Å²) in [6, 6.07) is 2.88. The number of likely N-dealkylation sites (tertiary alicyclic amines) is 1. The summed E-state index contributed by atoms with van der Waals surface area (Å²) in [5, 5.41) is 1.75. The summed E-state index contributed by atoms with van der Waals surface area (Å²) in [5.41, 5.74) is 5.75. The van der Waals surface area contributed by atoms with E-state index in [-0.39, 0.29) is 11.9 Å². The molecular weight excluding hydrogens is 346 g/mol. The molecule has 1 aromatic rings. The molecule has 1 amide bonds. The van der Waals surface area contributed by atoms with Crippen LogP contribution in [0.1, 0.15) is 32.6 Å². The zero-order valence-electron chi connectivity index (χ0n) is 13.9. The van der Waals surface area contributed by atoms with Gasteiger partial charge in [-0.3, -0.25) is 4.79 Å². The van der Waals surface area contributed by atoms with Crippen LogP contribution in [-0.2, 0) is 14.8 Å². The predicted molar refractivity (Wildman–Crippen MR) is 94.2 cm³/mol. The molecule has 0 spiro atoms. The largest absolute Gasteiger partial charge is 0.338 e. The molecule has 2 N–H and O–H groups in total. The van der Waals surface area contributed by atoms with Crippen LogP contribution in [0.25, 0.3) is 0 Å². The highest BCUT2D eigenvalue weighted by atomic mass is 32.2. The van der Waals surface area contributed by atoms with Crippen LogP contribution in [0.2, 0.25) is 0 Å². The lowest BCUT2D eigenvalue weighted by atomic mass is 10.0. The molecule has 0 aromatic carbocycles. The van der Waals surface area contributed by atoms with Gasteiger partial charge in [-0.25, -0.2) is 8.42 Å². The Balaban J connectivity index is 1.84. The summed E-state index contributed by atoms with van der Waals surface area (Å²) in [6.45, 7) is 3.64. The molecule has 0 bridgehead atoms. The van der Waals surface area contributed by atoms with Crippen LogP contribution in [0, 0.1) is 5.92 Å². The molecule has 2 aliphatic rings. The summed E-state index contributed by atoms with van der Waals surface area (Å²) in [4.78, 5) is 14.9. The Hall–Kier alpha value is -0.960. The highest BCUT2D eigenvalue weighted by Gasteiger charge is 2.42. The van der Waals surface area contributed by atoms with E-state index in [4.69, 9.17) is 5.73 Å². The fraction of sp³-hybridized carbons (Fsp3) is 0.688. The number of carbonyl (C=O) groups is 1. The third-order valence-corrected chi connectivity index (χ3v) is 8.36. The molecule has 2 aliphatic heterocycles. The van der Waals surface area contributed by atoms with E-state index in [1.54, 1.807) is 17.5 Å². The first kappa shape index (κ1) is 17.8. The fourth-order valence-corrected chi connectivity index (χ4v) is 6.55. The van der Waals surface area contributed by atoms with Gasteiger partial charge in [0.1, 0.15) is 10.3 Å². The van der Waals surface area contributed by atoms with E-state index < -0.39 is 16.1 Å². The van der Waals surface area contributed by atoms with Gasteiger partial charge in [0, 0.05) is 19.1 Å². The molecule has 0 saturated carbocycles. The standard InChI is InChI=1S/C16H25N3O3S2/c1-12-9-13(10-17)11-18(12)16(20)14-5-2-3-7-19(14)24(21,22)15-6-4-8-23-15/h4,6,8,12-14H,2-3,5,7,9-11,17H2,1H3. The number of piperidine rings is 1. The van der Waals surface area contributed by atoms with E-state index in [9.17, 15) is 13.2 Å². The van der Waals surface area contributed by atoms with Gasteiger partial charge in [0.25, 0.3) is 10.0 Å². The van der Waals surface area contributed by atoms with Crippen molar-refractivity contribution in [2.75, 3.05) is 19.6 Å². The third-order valence-electron chi connectivity index (χ3n) is 5.07. The van der Waals surface area contributed by atoms with Gasteiger partial charge in [-0.1, -0.05) is 12.5 Å². The number of amides is 1. The number of sulfonamides is 1. The van der Waals surface area contributed by atoms with Crippen molar-refractivity contribution in [2.24, 2.45) is 11.7 Å². The van der Waals surface area contributed by atoms with E-state index in [0.29, 0.717) is 36.2 Å². The second kappa shape index (κ2) is 7.11. The van der Waals surface area contributed by atoms with Crippen LogP contribution in [0.3, 0.4) is 0 Å². The zero-order chi connectivity index (χ0) is 17.3. The van der Waals surface area contributed by atoms with Crippen molar-refractivity contribution in [3.63, 3.8) is 0 Å². The van der Waals surface area contributed by atoms with Gasteiger partial charge in [0.2, 0.25) is 5.91 Å². The summed E-state index contributed by atoms with van der Waals surface area (Å²) in [5.74, 6) is 0.258. The first-order chi connectivity index (χ1) is 11.4. The minimum atomic E-state index is -3.60. The van der Waals surface area contributed by atoms with Crippen LogP contribution in [-0.4, -0.2) is 55.2 Å². The number of nitrogens with zero attached hydrogens (tertiary/aromatic N) is 2. The normalized spacial score (nSPS) is 29.1. The van der Waals surface area contributed by atoms with Gasteiger partial charge in [-0.15, -0.1) is 11.3 Å². The lowest BCUT2D eigenvalue weighted by Gasteiger charge is -2.36. The summed E-state index contributed by atoms with van der Waals surface area (Å²) in [6.07, 6.45) is 3.18. The quantitative estimate of drug-likeness (QED) is 0.869. The van der Waals surface area contributed by atoms with Crippen molar-refractivity contribution >= 4 is 27.3 Å². The van der Waals surface area contributed by atoms with Crippen molar-refractivity contribution in [3.8, 4) is 0 Å². The first-order valence-corrected chi connectivity index (χ1v) is 10.8. The van der Waals surface area contributed by atoms with Crippen molar-refractivity contribution in [2.45, 2.75) is 48.9 Å². The maximum atomic E-state index is 13.1. The molecular formula is C16H25N3O3S2. The molecule has 1 aromatic heterocycles. The molecule has 24 heavy (non-hydrogen) atoms. The smallest absolute Gasteiger partial charge is 0.253 e. The summed E-state index contributed by atoms with van der Waals surface area (Å²) < 4.78 is 27.6. The highest BCUT2D eigenvalue weighted by Crippen LogP contribution is 2.31. The Bertz CT molecular complexity index is 675. The van der Waals surface area contributed by atoms with E-state index in [1.165, 1.54) is 15.6 Å². The molecule has 134 valence electrons. The Kier molecular flexibility index (Phi) is 5.29. The van der Waals surface area contributed by atoms with Gasteiger partial charge in [-0.2, -0.15) is 4.31 Å². The lowest BCUT2D eigenvalue weighted by Crippen LogP contribution is -2.53. The average molecular weight is 372 g/mol. The van der Waals surface area contributed by atoms with Crippen molar-refractivity contribution in [3.05, 3.63) is 17.5 Å². The Morgan fingerprint density at radius 2 is 2.21 bits per heavy atom. The maximum absolute atomic E-state index is 13.1. The number of hydrogen-bond acceptors (Lipinski definition) is 5. The fourth-order valence-electron chi connectivity index (χ4n) is 3.78. The average Bonchev–Trinajstić information content (AvgIpc) is 3.24. The van der Waals surface area contributed by atoms with Gasteiger partial charge in [0.05, 0.1) is 0 Å². The number of carbonyl (C=O) groups excluding carboxylic acids is 1. The molecule has 0 aliphatic carbocycles. The molecule has 3 atom stereocenters. The summed E-state index contributed by atoms with van der Waals surface area (Å²) in [7, 11) is -3.60. The maximum Gasteiger partial charge on any atom is 0.253 e. The van der Waals surface area contributed by atoms with Gasteiger partial charge < -0.3 is 10.6 Å². The van der Waals surface area contributed by atoms with Crippen LogP contribution >= 0.6 is 11.3 Å². The Labute approximate surface area is 147 Å². The summed E-state index contributed by atoms with van der Waals surface area (Å²) >= 11 is 1.20. The molecule has 2 saturated heterocycles. The van der Waals surface area contributed by atoms with Crippen LogP contribution in [0.15, 0.2) is 21.7 Å². The Morgan fingerprint density at radius 3 is 2.83 bits per heavy atom. The first-order valence-electron chi connectivity index (χ1n) is 8.51. The second-order valence-electron chi connectivity index (χ2n) is 6.74. The SMILES string of the molecule is CC1CC(CN)CN1C(=O)C1CCCCN1S(=O)(=O)c1cccs1. The third kappa shape index (κ3) is 3.24. The van der Waals surface area contributed by atoms with Gasteiger partial charge >= 0.3 is 0 Å². The molecule has 2 fully saturated rings. The number of rotatable bonds is 4. The van der Waals surface area contributed by atoms with Crippen molar-refractivity contribution in [1.82, 2.24) is 9.21 Å². The van der Waals surface area contributed by atoms with E-state index >= 15 is 0 Å². The molecule has 6 nitrogen and oxygen atoms in total. The van der Waals surface area contributed by atoms with E-state index in [1.807, 2.05) is 11.8 Å². The molecule has 3 heterocycles. The predicted octanol–water partition coefficient (Wildman–Crippen LogP) is 1.49. The van der Waals surface area contributed by atoms with Crippen LogP contribution < -0.4 is 5.73 Å². The van der Waals surface area contributed by atoms with Crippen LogP contribution in [0.4, 0.5) is 0 Å². The second-order valence-corrected chi connectivity index (χ2v) is 9.80. The topological polar surface area (TPSA) is 83.7 Å². The van der Waals surface area contributed by atoms with E-state index in [2.05, 4.69) is 0 Å². The molecule has 8 heteroatoms. The number of nitrogens with two attached hydrogens (primary N) is 1. The van der Waals surface area contributed by atoms with Crippen LogP contribution in [0.5, 0.6) is 0 Å². The molecule has 0 radical (unpaired) electrons. The van der Waals surface area contributed by atoms with Crippen molar-refractivity contribution in [1.29, 1.82) is 0 Å². The molecule has 3 rings (SSSR count). The number of thiophene rings is 1. The Morgan fingerprint density at radius 1 is 1.42 bits per heavy atom.